The van der Waals surface area contributed by atoms with Crippen LogP contribution in [0, 0.1) is 17.8 Å². The van der Waals surface area contributed by atoms with Crippen molar-refractivity contribution in [1.29, 1.82) is 0 Å². The highest BCUT2D eigenvalue weighted by molar-refractivity contribution is 5.76. The van der Waals surface area contributed by atoms with E-state index < -0.39 is 0 Å². The average Bonchev–Trinajstić information content (AvgIpc) is 3.15. The Hall–Kier alpha value is -2.17. The molecule has 1 aromatic carbocycles. The molecular weight excluding hydrogens is 372 g/mol. The number of unbranched alkanes of at least 4 members (excludes halogenated alkanes) is 2. The minimum absolute atomic E-state index is 0.0584. The van der Waals surface area contributed by atoms with Gasteiger partial charge in [0.1, 0.15) is 12.2 Å². The summed E-state index contributed by atoms with van der Waals surface area (Å²) in [5.74, 6) is 2.58. The number of hydrogen-bond donors (Lipinski definition) is 1. The van der Waals surface area contributed by atoms with E-state index in [1.54, 1.807) is 4.68 Å². The van der Waals surface area contributed by atoms with Crippen molar-refractivity contribution in [3.8, 4) is 11.3 Å². The molecule has 0 unspecified atom stereocenters. The lowest BCUT2D eigenvalue weighted by Crippen LogP contribution is -2.60. The molecular formula is C25H34N4O. The van der Waals surface area contributed by atoms with Gasteiger partial charge in [-0.25, -0.2) is 4.68 Å². The number of nitrogens with zero attached hydrogens (tertiary/aromatic N) is 3. The number of hydrogen-bond acceptors (Lipinski definition) is 3. The standard InChI is InChI=1S/C25H34N4O/c1-2-3-4-5-18-6-8-22(9-7-18)23-16-29(28-27-23)17-24(30)26-25-13-19-10-20(14-25)12-21(11-19)15-25/h6-9,16,19-21H,2-5,10-15,17H2,1H3,(H,26,30). The van der Waals surface area contributed by atoms with Crippen LogP contribution in [0.1, 0.15) is 70.3 Å². The molecule has 1 aromatic heterocycles. The number of carbonyl (C=O) groups excluding carboxylic acids is 1. The molecule has 0 saturated heterocycles. The van der Waals surface area contributed by atoms with Gasteiger partial charge in [0.25, 0.3) is 0 Å². The zero-order chi connectivity index (χ0) is 20.6. The fourth-order valence-electron chi connectivity index (χ4n) is 6.68. The summed E-state index contributed by atoms with van der Waals surface area (Å²) in [5.41, 5.74) is 3.32. The summed E-state index contributed by atoms with van der Waals surface area (Å²) in [6, 6.07) is 8.60. The summed E-state index contributed by atoms with van der Waals surface area (Å²) < 4.78 is 1.68. The van der Waals surface area contributed by atoms with Crippen LogP contribution in [0.15, 0.2) is 30.5 Å². The maximum atomic E-state index is 12.8. The van der Waals surface area contributed by atoms with E-state index in [1.807, 2.05) is 6.20 Å². The molecule has 5 nitrogen and oxygen atoms in total. The molecule has 4 aliphatic carbocycles. The molecule has 4 bridgehead atoms. The van der Waals surface area contributed by atoms with Crippen molar-refractivity contribution < 1.29 is 4.79 Å². The van der Waals surface area contributed by atoms with E-state index >= 15 is 0 Å². The van der Waals surface area contributed by atoms with Gasteiger partial charge in [0, 0.05) is 11.1 Å². The Bertz CT molecular complexity index is 850. The average molecular weight is 407 g/mol. The Morgan fingerprint density at radius 3 is 2.37 bits per heavy atom. The van der Waals surface area contributed by atoms with Crippen LogP contribution in [0.3, 0.4) is 0 Å². The molecule has 6 rings (SSSR count). The van der Waals surface area contributed by atoms with E-state index in [0.717, 1.165) is 35.4 Å². The molecule has 1 amide bonds. The van der Waals surface area contributed by atoms with Gasteiger partial charge >= 0.3 is 0 Å². The second kappa shape index (κ2) is 8.16. The molecule has 2 aromatic rings. The summed E-state index contributed by atoms with van der Waals surface area (Å²) in [5, 5.41) is 11.9. The first kappa shape index (κ1) is 19.8. The van der Waals surface area contributed by atoms with Gasteiger partial charge in [0.05, 0.1) is 6.20 Å². The Balaban J connectivity index is 1.18. The lowest BCUT2D eigenvalue weighted by atomic mass is 9.53. The van der Waals surface area contributed by atoms with Crippen LogP contribution in [-0.4, -0.2) is 26.4 Å². The second-order valence-electron chi connectivity index (χ2n) is 10.2. The summed E-state index contributed by atoms with van der Waals surface area (Å²) in [6.07, 6.45) is 14.5. The van der Waals surface area contributed by atoms with Crippen LogP contribution < -0.4 is 5.32 Å². The van der Waals surface area contributed by atoms with Gasteiger partial charge in [-0.1, -0.05) is 49.2 Å². The molecule has 4 aliphatic rings. The minimum atomic E-state index is 0.0584. The van der Waals surface area contributed by atoms with Crippen LogP contribution in [0.5, 0.6) is 0 Å². The van der Waals surface area contributed by atoms with Gasteiger partial charge in [-0.15, -0.1) is 5.10 Å². The Kier molecular flexibility index (Phi) is 5.38. The molecule has 5 heteroatoms. The predicted octanol–water partition coefficient (Wildman–Crippen LogP) is 4.76. The molecule has 30 heavy (non-hydrogen) atoms. The molecule has 160 valence electrons. The van der Waals surface area contributed by atoms with Crippen LogP contribution in [-0.2, 0) is 17.8 Å². The molecule has 1 heterocycles. The third-order valence-electron chi connectivity index (χ3n) is 7.61. The third kappa shape index (κ3) is 4.17. The van der Waals surface area contributed by atoms with Crippen molar-refractivity contribution in [2.75, 3.05) is 0 Å². The number of carbonyl (C=O) groups is 1. The molecule has 0 aliphatic heterocycles. The number of benzene rings is 1. The topological polar surface area (TPSA) is 59.8 Å². The van der Waals surface area contributed by atoms with Crippen LogP contribution in [0.4, 0.5) is 0 Å². The third-order valence-corrected chi connectivity index (χ3v) is 7.61. The van der Waals surface area contributed by atoms with Crippen molar-refractivity contribution in [2.24, 2.45) is 17.8 Å². The summed E-state index contributed by atoms with van der Waals surface area (Å²) in [6.45, 7) is 2.49. The maximum Gasteiger partial charge on any atom is 0.242 e. The van der Waals surface area contributed by atoms with Crippen LogP contribution in [0.25, 0.3) is 11.3 Å². The van der Waals surface area contributed by atoms with Crippen molar-refractivity contribution in [2.45, 2.75) is 83.2 Å². The first-order valence-corrected chi connectivity index (χ1v) is 11.9. The Morgan fingerprint density at radius 2 is 1.73 bits per heavy atom. The lowest BCUT2D eigenvalue weighted by Gasteiger charge is -2.56. The monoisotopic (exact) mass is 406 g/mol. The van der Waals surface area contributed by atoms with Gasteiger partial charge in [0.15, 0.2) is 0 Å². The van der Waals surface area contributed by atoms with E-state index in [1.165, 1.54) is 63.4 Å². The first-order chi connectivity index (χ1) is 14.6. The fourth-order valence-corrected chi connectivity index (χ4v) is 6.68. The smallest absolute Gasteiger partial charge is 0.242 e. The fraction of sp³-hybridized carbons (Fsp3) is 0.640. The summed E-state index contributed by atoms with van der Waals surface area (Å²) in [7, 11) is 0. The van der Waals surface area contributed by atoms with E-state index in [-0.39, 0.29) is 18.0 Å². The number of amides is 1. The highest BCUT2D eigenvalue weighted by Gasteiger charge is 2.51. The highest BCUT2D eigenvalue weighted by Crippen LogP contribution is 2.55. The molecule has 4 fully saturated rings. The number of aromatic nitrogens is 3. The van der Waals surface area contributed by atoms with Gasteiger partial charge in [0.2, 0.25) is 5.91 Å². The zero-order valence-electron chi connectivity index (χ0n) is 18.1. The highest BCUT2D eigenvalue weighted by atomic mass is 16.2. The van der Waals surface area contributed by atoms with E-state index in [0.29, 0.717) is 0 Å². The molecule has 4 saturated carbocycles. The van der Waals surface area contributed by atoms with Gasteiger partial charge in [-0.3, -0.25) is 4.79 Å². The van der Waals surface area contributed by atoms with Crippen molar-refractivity contribution in [3.63, 3.8) is 0 Å². The summed E-state index contributed by atoms with van der Waals surface area (Å²) >= 11 is 0. The first-order valence-electron chi connectivity index (χ1n) is 11.9. The molecule has 0 atom stereocenters. The van der Waals surface area contributed by atoms with Crippen LogP contribution in [0.2, 0.25) is 0 Å². The van der Waals surface area contributed by atoms with Gasteiger partial charge in [-0.05, 0) is 74.7 Å². The Morgan fingerprint density at radius 1 is 1.07 bits per heavy atom. The number of rotatable bonds is 8. The van der Waals surface area contributed by atoms with Gasteiger partial charge < -0.3 is 5.32 Å². The summed E-state index contributed by atoms with van der Waals surface area (Å²) in [4.78, 5) is 12.8. The zero-order valence-corrected chi connectivity index (χ0v) is 18.1. The number of nitrogens with one attached hydrogen (secondary N) is 1. The Labute approximate surface area is 179 Å². The van der Waals surface area contributed by atoms with E-state index in [4.69, 9.17) is 0 Å². The maximum absolute atomic E-state index is 12.8. The van der Waals surface area contributed by atoms with Crippen LogP contribution >= 0.6 is 0 Å². The second-order valence-corrected chi connectivity index (χ2v) is 10.2. The molecule has 1 N–H and O–H groups in total. The normalized spacial score (nSPS) is 29.3. The number of aryl methyl sites for hydroxylation is 1. The quantitative estimate of drug-likeness (QED) is 0.643. The van der Waals surface area contributed by atoms with E-state index in [9.17, 15) is 4.79 Å². The molecule has 0 radical (unpaired) electrons. The van der Waals surface area contributed by atoms with Crippen molar-refractivity contribution >= 4 is 5.91 Å². The van der Waals surface area contributed by atoms with E-state index in [2.05, 4.69) is 46.8 Å². The largest absolute Gasteiger partial charge is 0.349 e. The van der Waals surface area contributed by atoms with Crippen molar-refractivity contribution in [1.82, 2.24) is 20.3 Å². The van der Waals surface area contributed by atoms with Gasteiger partial charge in [-0.2, -0.15) is 0 Å². The van der Waals surface area contributed by atoms with Crippen molar-refractivity contribution in [3.05, 3.63) is 36.0 Å². The predicted molar refractivity (Wildman–Crippen MR) is 118 cm³/mol. The SMILES string of the molecule is CCCCCc1ccc(-c2cn(CC(=O)NC34CC5CC(CC(C5)C3)C4)nn2)cc1. The lowest BCUT2D eigenvalue weighted by molar-refractivity contribution is -0.127. The minimum Gasteiger partial charge on any atom is -0.349 e. The molecule has 0 spiro atoms.